The first kappa shape index (κ1) is 11.5. The summed E-state index contributed by atoms with van der Waals surface area (Å²) < 4.78 is 0. The Morgan fingerprint density at radius 1 is 1.06 bits per heavy atom. The van der Waals surface area contributed by atoms with Crippen molar-refractivity contribution in [3.05, 3.63) is 29.8 Å². The van der Waals surface area contributed by atoms with Gasteiger partial charge in [0.15, 0.2) is 0 Å². The molecule has 1 aliphatic carbocycles. The van der Waals surface area contributed by atoms with E-state index in [1.54, 1.807) is 0 Å². The summed E-state index contributed by atoms with van der Waals surface area (Å²) in [4.78, 5) is 26.1. The van der Waals surface area contributed by atoms with Crippen LogP contribution in [0.25, 0.3) is 0 Å². The monoisotopic (exact) mass is 243 g/mol. The van der Waals surface area contributed by atoms with Gasteiger partial charge < -0.3 is 0 Å². The molecule has 0 spiro atoms. The Kier molecular flexibility index (Phi) is 2.69. The van der Waals surface area contributed by atoms with Crippen molar-refractivity contribution in [2.24, 2.45) is 11.8 Å². The lowest BCUT2D eigenvalue weighted by molar-refractivity contribution is -0.122. The maximum atomic E-state index is 12.4. The van der Waals surface area contributed by atoms with Crippen LogP contribution in [0.1, 0.15) is 31.2 Å². The van der Waals surface area contributed by atoms with Gasteiger partial charge in [0, 0.05) is 0 Å². The zero-order valence-electron chi connectivity index (χ0n) is 10.6. The summed E-state index contributed by atoms with van der Waals surface area (Å²) in [7, 11) is 0. The van der Waals surface area contributed by atoms with Crippen molar-refractivity contribution in [1.29, 1.82) is 0 Å². The highest BCUT2D eigenvalue weighted by Gasteiger charge is 2.48. The summed E-state index contributed by atoms with van der Waals surface area (Å²) in [6.07, 6.45) is 3.89. The third-order valence-electron chi connectivity index (χ3n) is 4.10. The second-order valence-electron chi connectivity index (χ2n) is 5.35. The number of benzene rings is 1. The van der Waals surface area contributed by atoms with Crippen LogP contribution in [0.3, 0.4) is 0 Å². The minimum atomic E-state index is -0.0632. The Balaban J connectivity index is 1.97. The third-order valence-corrected chi connectivity index (χ3v) is 4.10. The fourth-order valence-electron chi connectivity index (χ4n) is 3.18. The van der Waals surface area contributed by atoms with E-state index in [0.717, 1.165) is 36.9 Å². The van der Waals surface area contributed by atoms with Crippen LogP contribution in [0.15, 0.2) is 24.3 Å². The van der Waals surface area contributed by atoms with E-state index in [-0.39, 0.29) is 23.7 Å². The summed E-state index contributed by atoms with van der Waals surface area (Å²) >= 11 is 0. The van der Waals surface area contributed by atoms with Crippen LogP contribution in [-0.2, 0) is 9.59 Å². The van der Waals surface area contributed by atoms with E-state index in [2.05, 4.69) is 0 Å². The van der Waals surface area contributed by atoms with E-state index in [0.29, 0.717) is 0 Å². The van der Waals surface area contributed by atoms with E-state index < -0.39 is 0 Å². The highest BCUT2D eigenvalue weighted by atomic mass is 16.2. The van der Waals surface area contributed by atoms with Crippen molar-refractivity contribution in [3.8, 4) is 0 Å². The molecule has 1 aromatic carbocycles. The Bertz CT molecular complexity index is 485. The number of carbonyl (C=O) groups excluding carboxylic acids is 2. The lowest BCUT2D eigenvalue weighted by atomic mass is 9.81. The van der Waals surface area contributed by atoms with Crippen molar-refractivity contribution >= 4 is 17.5 Å². The van der Waals surface area contributed by atoms with Crippen LogP contribution in [0.4, 0.5) is 5.69 Å². The van der Waals surface area contributed by atoms with Crippen molar-refractivity contribution in [2.45, 2.75) is 32.6 Å². The quantitative estimate of drug-likeness (QED) is 0.711. The van der Waals surface area contributed by atoms with Gasteiger partial charge in [0.2, 0.25) is 11.8 Å². The van der Waals surface area contributed by atoms with E-state index in [1.807, 2.05) is 31.2 Å². The predicted molar refractivity (Wildman–Crippen MR) is 69.1 cm³/mol. The van der Waals surface area contributed by atoms with Crippen LogP contribution in [0, 0.1) is 18.8 Å². The molecule has 0 N–H and O–H groups in total. The zero-order chi connectivity index (χ0) is 12.7. The van der Waals surface area contributed by atoms with Gasteiger partial charge in [-0.25, -0.2) is 0 Å². The third kappa shape index (κ3) is 1.65. The van der Waals surface area contributed by atoms with Crippen LogP contribution in [0.2, 0.25) is 0 Å². The number of aryl methyl sites for hydroxylation is 1. The van der Waals surface area contributed by atoms with Gasteiger partial charge in [0.25, 0.3) is 0 Å². The van der Waals surface area contributed by atoms with Gasteiger partial charge in [0.05, 0.1) is 17.5 Å². The number of rotatable bonds is 1. The van der Waals surface area contributed by atoms with Crippen LogP contribution >= 0.6 is 0 Å². The van der Waals surface area contributed by atoms with Gasteiger partial charge in [-0.1, -0.05) is 25.0 Å². The molecule has 1 aliphatic heterocycles. The predicted octanol–water partition coefficient (Wildman–Crippen LogP) is 2.67. The SMILES string of the molecule is Cc1cccc(N2C(=O)[C@@H]3CCCC[C@H]3C2=O)c1. The van der Waals surface area contributed by atoms with Gasteiger partial charge in [-0.15, -0.1) is 0 Å². The number of amides is 2. The van der Waals surface area contributed by atoms with Gasteiger partial charge in [-0.2, -0.15) is 0 Å². The molecule has 94 valence electrons. The molecule has 3 nitrogen and oxygen atoms in total. The fraction of sp³-hybridized carbons (Fsp3) is 0.467. The molecule has 0 radical (unpaired) electrons. The van der Waals surface area contributed by atoms with E-state index in [4.69, 9.17) is 0 Å². The zero-order valence-corrected chi connectivity index (χ0v) is 10.6. The normalized spacial score (nSPS) is 27.5. The van der Waals surface area contributed by atoms with Crippen molar-refractivity contribution in [1.82, 2.24) is 0 Å². The molecule has 3 heteroatoms. The molecule has 18 heavy (non-hydrogen) atoms. The molecule has 1 aromatic rings. The number of anilines is 1. The fourth-order valence-corrected chi connectivity index (χ4v) is 3.18. The lowest BCUT2D eigenvalue weighted by Gasteiger charge is -2.19. The minimum Gasteiger partial charge on any atom is -0.274 e. The molecule has 3 rings (SSSR count). The minimum absolute atomic E-state index is 0.00954. The molecule has 1 saturated carbocycles. The van der Waals surface area contributed by atoms with Gasteiger partial charge in [-0.05, 0) is 37.5 Å². The Hall–Kier alpha value is -1.64. The van der Waals surface area contributed by atoms with E-state index in [9.17, 15) is 9.59 Å². The standard InChI is InChI=1S/C15H17NO2/c1-10-5-4-6-11(9-10)16-14(17)12-7-2-3-8-13(12)15(16)18/h4-6,9,12-13H,2-3,7-8H2,1H3/t12-,13-/m1/s1. The smallest absolute Gasteiger partial charge is 0.237 e. The molecule has 0 aromatic heterocycles. The maximum Gasteiger partial charge on any atom is 0.237 e. The summed E-state index contributed by atoms with van der Waals surface area (Å²) in [5, 5.41) is 0. The summed E-state index contributed by atoms with van der Waals surface area (Å²) in [5.41, 5.74) is 1.81. The van der Waals surface area contributed by atoms with Crippen LogP contribution in [0.5, 0.6) is 0 Å². The molecule has 1 saturated heterocycles. The number of nitrogens with zero attached hydrogens (tertiary/aromatic N) is 1. The van der Waals surface area contributed by atoms with Gasteiger partial charge in [-0.3, -0.25) is 14.5 Å². The number of carbonyl (C=O) groups is 2. The summed E-state index contributed by atoms with van der Waals surface area (Å²) in [5.74, 6) is -0.107. The number of hydrogen-bond donors (Lipinski definition) is 0. The molecular weight excluding hydrogens is 226 g/mol. The van der Waals surface area contributed by atoms with Gasteiger partial charge in [0.1, 0.15) is 0 Å². The average Bonchev–Trinajstić information content (AvgIpc) is 2.63. The maximum absolute atomic E-state index is 12.4. The Labute approximate surface area is 107 Å². The number of fused-ring (bicyclic) bond motifs is 1. The highest BCUT2D eigenvalue weighted by Crippen LogP contribution is 2.40. The molecule has 2 fully saturated rings. The molecule has 2 aliphatic rings. The molecule has 0 unspecified atom stereocenters. The first-order valence-corrected chi connectivity index (χ1v) is 6.63. The summed E-state index contributed by atoms with van der Waals surface area (Å²) in [6, 6.07) is 7.63. The number of hydrogen-bond acceptors (Lipinski definition) is 2. The topological polar surface area (TPSA) is 37.4 Å². The molecule has 2 atom stereocenters. The molecular formula is C15H17NO2. The molecule has 2 amide bonds. The van der Waals surface area contributed by atoms with E-state index >= 15 is 0 Å². The average molecular weight is 243 g/mol. The van der Waals surface area contributed by atoms with Gasteiger partial charge >= 0.3 is 0 Å². The lowest BCUT2D eigenvalue weighted by Crippen LogP contribution is -2.30. The van der Waals surface area contributed by atoms with Crippen LogP contribution < -0.4 is 4.90 Å². The second-order valence-corrected chi connectivity index (χ2v) is 5.35. The molecule has 1 heterocycles. The number of imide groups is 1. The molecule has 0 bridgehead atoms. The van der Waals surface area contributed by atoms with Crippen LogP contribution in [-0.4, -0.2) is 11.8 Å². The first-order valence-electron chi connectivity index (χ1n) is 6.63. The highest BCUT2D eigenvalue weighted by molar-refractivity contribution is 6.22. The Morgan fingerprint density at radius 3 is 2.22 bits per heavy atom. The van der Waals surface area contributed by atoms with E-state index in [1.165, 1.54) is 4.90 Å². The van der Waals surface area contributed by atoms with Crippen molar-refractivity contribution in [3.63, 3.8) is 0 Å². The second kappa shape index (κ2) is 4.23. The summed E-state index contributed by atoms with van der Waals surface area (Å²) in [6.45, 7) is 1.97. The Morgan fingerprint density at radius 2 is 1.67 bits per heavy atom. The van der Waals surface area contributed by atoms with Crippen molar-refractivity contribution < 1.29 is 9.59 Å². The first-order chi connectivity index (χ1) is 8.68. The van der Waals surface area contributed by atoms with Crippen molar-refractivity contribution in [2.75, 3.05) is 4.90 Å². The largest absolute Gasteiger partial charge is 0.274 e.